The van der Waals surface area contributed by atoms with Crippen molar-refractivity contribution in [2.75, 3.05) is 0 Å². The zero-order valence-electron chi connectivity index (χ0n) is 8.79. The summed E-state index contributed by atoms with van der Waals surface area (Å²) in [7, 11) is 0. The highest BCUT2D eigenvalue weighted by molar-refractivity contribution is 5.85. The van der Waals surface area contributed by atoms with Gasteiger partial charge in [0.2, 0.25) is 5.82 Å². The highest BCUT2D eigenvalue weighted by Gasteiger charge is 2.27. The van der Waals surface area contributed by atoms with E-state index in [1.54, 1.807) is 0 Å². The van der Waals surface area contributed by atoms with Crippen molar-refractivity contribution in [2.45, 2.75) is 0 Å². The summed E-state index contributed by atoms with van der Waals surface area (Å²) in [6.07, 6.45) is 1.25. The lowest BCUT2D eigenvalue weighted by atomic mass is 10.2. The molecule has 0 saturated carbocycles. The number of carboxylic acids is 1. The molecule has 19 heavy (non-hydrogen) atoms. The largest absolute Gasteiger partial charge is 0.476 e. The van der Waals surface area contributed by atoms with Crippen LogP contribution in [-0.2, 0) is 0 Å². The molecular weight excluding hydrogens is 275 g/mol. The molecule has 0 unspecified atom stereocenters. The lowest BCUT2D eigenvalue weighted by Gasteiger charge is -2.08. The molecule has 0 aliphatic heterocycles. The van der Waals surface area contributed by atoms with E-state index in [2.05, 4.69) is 4.98 Å². The number of halogens is 5. The first kappa shape index (κ1) is 13.0. The van der Waals surface area contributed by atoms with Gasteiger partial charge < -0.3 is 5.11 Å². The summed E-state index contributed by atoms with van der Waals surface area (Å²) in [6, 6.07) is 0. The van der Waals surface area contributed by atoms with Crippen molar-refractivity contribution >= 4 is 5.97 Å². The van der Waals surface area contributed by atoms with E-state index in [1.165, 1.54) is 0 Å². The van der Waals surface area contributed by atoms with Crippen LogP contribution in [-0.4, -0.2) is 20.6 Å². The van der Waals surface area contributed by atoms with Crippen LogP contribution in [0.3, 0.4) is 0 Å². The lowest BCUT2D eigenvalue weighted by molar-refractivity contribution is 0.0691. The Hall–Kier alpha value is -2.45. The molecule has 0 aliphatic carbocycles. The fourth-order valence-electron chi connectivity index (χ4n) is 1.38. The van der Waals surface area contributed by atoms with Crippen LogP contribution in [0.15, 0.2) is 12.5 Å². The minimum atomic E-state index is -2.29. The Morgan fingerprint density at radius 3 is 1.89 bits per heavy atom. The minimum Gasteiger partial charge on any atom is -0.476 e. The van der Waals surface area contributed by atoms with Gasteiger partial charge in [0, 0.05) is 6.20 Å². The fourth-order valence-corrected chi connectivity index (χ4v) is 1.38. The molecule has 0 spiro atoms. The maximum Gasteiger partial charge on any atom is 0.356 e. The van der Waals surface area contributed by atoms with E-state index in [0.717, 1.165) is 0 Å². The molecule has 1 aromatic carbocycles. The number of rotatable bonds is 2. The number of imidazole rings is 1. The van der Waals surface area contributed by atoms with Gasteiger partial charge in [0.15, 0.2) is 29.0 Å². The third-order valence-corrected chi connectivity index (χ3v) is 2.25. The third-order valence-electron chi connectivity index (χ3n) is 2.25. The number of hydrogen-bond acceptors (Lipinski definition) is 2. The van der Waals surface area contributed by atoms with Gasteiger partial charge in [-0.2, -0.15) is 0 Å². The summed E-state index contributed by atoms with van der Waals surface area (Å²) >= 11 is 0. The molecule has 100 valence electrons. The molecule has 0 aliphatic rings. The van der Waals surface area contributed by atoms with E-state index in [0.29, 0.717) is 17.1 Å². The molecule has 1 N–H and O–H groups in total. The van der Waals surface area contributed by atoms with Crippen LogP contribution in [0.2, 0.25) is 0 Å². The number of aromatic nitrogens is 2. The minimum absolute atomic E-state index is 0.402. The number of nitrogens with zero attached hydrogens (tertiary/aromatic N) is 2. The van der Waals surface area contributed by atoms with Crippen molar-refractivity contribution < 1.29 is 31.9 Å². The Balaban J connectivity index is 2.71. The molecule has 4 nitrogen and oxygen atoms in total. The third kappa shape index (κ3) is 1.92. The summed E-state index contributed by atoms with van der Waals surface area (Å²) in [5.41, 5.74) is -1.90. The normalized spacial score (nSPS) is 10.8. The summed E-state index contributed by atoms with van der Waals surface area (Å²) < 4.78 is 65.9. The summed E-state index contributed by atoms with van der Waals surface area (Å²) in [6.45, 7) is 0. The van der Waals surface area contributed by atoms with E-state index in [-0.39, 0.29) is 0 Å². The van der Waals surface area contributed by atoms with E-state index < -0.39 is 46.4 Å². The van der Waals surface area contributed by atoms with Gasteiger partial charge in [0.25, 0.3) is 0 Å². The predicted molar refractivity (Wildman–Crippen MR) is 50.3 cm³/mol. The topological polar surface area (TPSA) is 55.1 Å². The maximum absolute atomic E-state index is 13.4. The molecule has 1 heterocycles. The van der Waals surface area contributed by atoms with Gasteiger partial charge in [-0.25, -0.2) is 31.7 Å². The van der Waals surface area contributed by atoms with Gasteiger partial charge in [-0.15, -0.1) is 0 Å². The van der Waals surface area contributed by atoms with Crippen LogP contribution >= 0.6 is 0 Å². The molecule has 0 amide bonds. The van der Waals surface area contributed by atoms with Crippen LogP contribution in [0.25, 0.3) is 5.69 Å². The fraction of sp³-hybridized carbons (Fsp3) is 0. The van der Waals surface area contributed by atoms with Gasteiger partial charge in [0.1, 0.15) is 12.0 Å². The Kier molecular flexibility index (Phi) is 2.97. The molecule has 2 aromatic rings. The second kappa shape index (κ2) is 4.34. The van der Waals surface area contributed by atoms with Gasteiger partial charge >= 0.3 is 5.97 Å². The van der Waals surface area contributed by atoms with Crippen molar-refractivity contribution in [3.8, 4) is 5.69 Å². The molecule has 0 fully saturated rings. The monoisotopic (exact) mass is 278 g/mol. The molecule has 9 heteroatoms. The van der Waals surface area contributed by atoms with Gasteiger partial charge in [-0.1, -0.05) is 0 Å². The quantitative estimate of drug-likeness (QED) is 0.521. The standard InChI is InChI=1S/C10H3F5N2O2/c11-4-5(12)7(14)9(8(15)6(4)13)17-1-3(10(18)19)16-2-17/h1-2H,(H,18,19). The summed E-state index contributed by atoms with van der Waals surface area (Å²) in [5, 5.41) is 8.57. The van der Waals surface area contributed by atoms with Crippen molar-refractivity contribution in [1.29, 1.82) is 0 Å². The average Bonchev–Trinajstić information content (AvgIpc) is 2.84. The highest BCUT2D eigenvalue weighted by Crippen LogP contribution is 2.26. The molecule has 0 radical (unpaired) electrons. The average molecular weight is 278 g/mol. The smallest absolute Gasteiger partial charge is 0.356 e. The van der Waals surface area contributed by atoms with Crippen LogP contribution in [0.5, 0.6) is 0 Å². The first-order chi connectivity index (χ1) is 8.84. The first-order valence-corrected chi connectivity index (χ1v) is 4.63. The van der Waals surface area contributed by atoms with Gasteiger partial charge in [0.05, 0.1) is 0 Å². The molecule has 0 atom stereocenters. The number of aromatic carboxylic acids is 1. The van der Waals surface area contributed by atoms with Gasteiger partial charge in [-0.05, 0) is 0 Å². The summed E-state index contributed by atoms with van der Waals surface area (Å²) in [4.78, 5) is 13.8. The van der Waals surface area contributed by atoms with Crippen molar-refractivity contribution in [1.82, 2.24) is 9.55 Å². The lowest BCUT2D eigenvalue weighted by Crippen LogP contribution is -2.08. The van der Waals surface area contributed by atoms with Crippen LogP contribution in [0.4, 0.5) is 22.0 Å². The summed E-state index contributed by atoms with van der Waals surface area (Å²) in [5.74, 6) is -12.2. The van der Waals surface area contributed by atoms with Crippen molar-refractivity contribution in [3.63, 3.8) is 0 Å². The Morgan fingerprint density at radius 2 is 1.47 bits per heavy atom. The van der Waals surface area contributed by atoms with E-state index >= 15 is 0 Å². The number of carboxylic acid groups (broad SMARTS) is 1. The number of benzene rings is 1. The number of hydrogen-bond donors (Lipinski definition) is 1. The molecule has 2 rings (SSSR count). The zero-order valence-corrected chi connectivity index (χ0v) is 8.79. The van der Waals surface area contributed by atoms with Gasteiger partial charge in [-0.3, -0.25) is 4.57 Å². The van der Waals surface area contributed by atoms with E-state index in [4.69, 9.17) is 5.11 Å². The SMILES string of the molecule is O=C(O)c1cn(-c2c(F)c(F)c(F)c(F)c2F)cn1. The highest BCUT2D eigenvalue weighted by atomic mass is 19.2. The van der Waals surface area contributed by atoms with Crippen molar-refractivity contribution in [2.24, 2.45) is 0 Å². The van der Waals surface area contributed by atoms with E-state index in [9.17, 15) is 26.7 Å². The Bertz CT molecular complexity index is 654. The first-order valence-electron chi connectivity index (χ1n) is 4.63. The van der Waals surface area contributed by atoms with Crippen molar-refractivity contribution in [3.05, 3.63) is 47.3 Å². The van der Waals surface area contributed by atoms with Crippen LogP contribution < -0.4 is 0 Å². The van der Waals surface area contributed by atoms with Crippen LogP contribution in [0.1, 0.15) is 10.5 Å². The molecule has 1 aromatic heterocycles. The molecular formula is C10H3F5N2O2. The zero-order chi connectivity index (χ0) is 14.3. The Labute approximate surface area is 101 Å². The maximum atomic E-state index is 13.4. The predicted octanol–water partition coefficient (Wildman–Crippen LogP) is 2.27. The Morgan fingerprint density at radius 1 is 1.00 bits per heavy atom. The molecule has 0 bridgehead atoms. The van der Waals surface area contributed by atoms with E-state index in [1.807, 2.05) is 0 Å². The van der Waals surface area contributed by atoms with Crippen LogP contribution in [0, 0.1) is 29.1 Å². The molecule has 0 saturated heterocycles. The second-order valence-electron chi connectivity index (χ2n) is 3.39. The second-order valence-corrected chi connectivity index (χ2v) is 3.39. The number of carbonyl (C=O) groups is 1.